The van der Waals surface area contributed by atoms with Gasteiger partial charge in [0.2, 0.25) is 4.87 Å². The van der Waals surface area contributed by atoms with Crippen LogP contribution >= 0.6 is 11.6 Å². The van der Waals surface area contributed by atoms with E-state index in [2.05, 4.69) is 6.58 Å². The summed E-state index contributed by atoms with van der Waals surface area (Å²) in [6.07, 6.45) is 1.49. The molecule has 0 fully saturated rings. The molecular formula is C7H7ClN2. The van der Waals surface area contributed by atoms with Gasteiger partial charge in [-0.15, -0.1) is 6.58 Å². The molecular weight excluding hydrogens is 148 g/mol. The summed E-state index contributed by atoms with van der Waals surface area (Å²) in [6, 6.07) is 3.42. The lowest BCUT2D eigenvalue weighted by atomic mass is 9.96. The van der Waals surface area contributed by atoms with E-state index in [4.69, 9.17) is 22.1 Å². The highest BCUT2D eigenvalue weighted by Crippen LogP contribution is 2.24. The molecule has 10 heavy (non-hydrogen) atoms. The first kappa shape index (κ1) is 9.01. The fraction of sp³-hybridized carbons (Fsp3) is 0.429. The number of nitriles is 2. The summed E-state index contributed by atoms with van der Waals surface area (Å²) in [5.74, 6) is -0.316. The van der Waals surface area contributed by atoms with Crippen LogP contribution in [0.5, 0.6) is 0 Å². The second-order valence-electron chi connectivity index (χ2n) is 1.96. The van der Waals surface area contributed by atoms with Gasteiger partial charge in [0.1, 0.15) is 12.1 Å². The molecule has 0 aliphatic rings. The van der Waals surface area contributed by atoms with E-state index in [1.54, 1.807) is 19.1 Å². The molecule has 0 amide bonds. The summed E-state index contributed by atoms with van der Waals surface area (Å²) in [7, 11) is 0. The Hall–Kier alpha value is -0.990. The van der Waals surface area contributed by atoms with Crippen molar-refractivity contribution in [3.63, 3.8) is 0 Å². The average Bonchev–Trinajstić information content (AvgIpc) is 2.01. The third-order valence-electron chi connectivity index (χ3n) is 1.31. The Balaban J connectivity index is 4.56. The lowest BCUT2D eigenvalue weighted by Gasteiger charge is -2.13. The minimum atomic E-state index is -1.44. The summed E-state index contributed by atoms with van der Waals surface area (Å²) in [5.41, 5.74) is 0. The maximum Gasteiger partial charge on any atom is 0.221 e. The standard InChI is InChI=1S/C7H7ClN2/c1-3-6(2)7(8,4-9)5-10/h3,6H,1H2,2H3. The lowest BCUT2D eigenvalue weighted by Crippen LogP contribution is -2.24. The molecule has 0 aliphatic heterocycles. The first-order valence-electron chi connectivity index (χ1n) is 2.74. The van der Waals surface area contributed by atoms with E-state index >= 15 is 0 Å². The fourth-order valence-electron chi connectivity index (χ4n) is 0.391. The number of nitrogens with zero attached hydrogens (tertiary/aromatic N) is 2. The van der Waals surface area contributed by atoms with Crippen LogP contribution in [0.3, 0.4) is 0 Å². The smallest absolute Gasteiger partial charge is 0.195 e. The molecule has 0 N–H and O–H groups in total. The third kappa shape index (κ3) is 1.50. The van der Waals surface area contributed by atoms with Crippen LogP contribution in [0.15, 0.2) is 12.7 Å². The minimum Gasteiger partial charge on any atom is -0.195 e. The number of hydrogen-bond donors (Lipinski definition) is 0. The SMILES string of the molecule is C=CC(C)C(Cl)(C#N)C#N. The van der Waals surface area contributed by atoms with Gasteiger partial charge < -0.3 is 0 Å². The van der Waals surface area contributed by atoms with E-state index in [0.717, 1.165) is 0 Å². The molecule has 0 aromatic heterocycles. The van der Waals surface area contributed by atoms with Crippen LogP contribution in [0, 0.1) is 28.6 Å². The Morgan fingerprint density at radius 1 is 1.60 bits per heavy atom. The van der Waals surface area contributed by atoms with Crippen LogP contribution in [0.25, 0.3) is 0 Å². The molecule has 0 bridgehead atoms. The minimum absolute atomic E-state index is 0.316. The van der Waals surface area contributed by atoms with Crippen molar-refractivity contribution < 1.29 is 0 Å². The Bertz CT molecular complexity index is 195. The van der Waals surface area contributed by atoms with Crippen molar-refractivity contribution in [2.24, 2.45) is 5.92 Å². The third-order valence-corrected chi connectivity index (χ3v) is 1.82. The zero-order valence-electron chi connectivity index (χ0n) is 5.63. The highest BCUT2D eigenvalue weighted by atomic mass is 35.5. The van der Waals surface area contributed by atoms with Gasteiger partial charge in [-0.2, -0.15) is 10.5 Å². The van der Waals surface area contributed by atoms with Gasteiger partial charge >= 0.3 is 0 Å². The molecule has 0 aromatic carbocycles. The highest BCUT2D eigenvalue weighted by Gasteiger charge is 2.31. The van der Waals surface area contributed by atoms with E-state index in [1.165, 1.54) is 6.08 Å². The number of rotatable bonds is 2. The van der Waals surface area contributed by atoms with Gasteiger partial charge in [0.25, 0.3) is 0 Å². The molecule has 1 atom stereocenters. The van der Waals surface area contributed by atoms with Gasteiger partial charge in [0.15, 0.2) is 0 Å². The molecule has 3 heteroatoms. The summed E-state index contributed by atoms with van der Waals surface area (Å²) >= 11 is 5.57. The molecule has 1 unspecified atom stereocenters. The van der Waals surface area contributed by atoms with Crippen molar-refractivity contribution in [3.05, 3.63) is 12.7 Å². The van der Waals surface area contributed by atoms with Gasteiger partial charge in [-0.25, -0.2) is 0 Å². The monoisotopic (exact) mass is 154 g/mol. The molecule has 0 rings (SSSR count). The number of halogens is 1. The first-order valence-corrected chi connectivity index (χ1v) is 3.12. The van der Waals surface area contributed by atoms with E-state index < -0.39 is 4.87 Å². The van der Waals surface area contributed by atoms with Crippen molar-refractivity contribution in [2.75, 3.05) is 0 Å². The molecule has 0 aliphatic carbocycles. The van der Waals surface area contributed by atoms with Crippen LogP contribution in [0.1, 0.15) is 6.92 Å². The van der Waals surface area contributed by atoms with E-state index in [9.17, 15) is 0 Å². The maximum atomic E-state index is 8.43. The normalized spacial score (nSPS) is 12.8. The first-order chi connectivity index (χ1) is 4.60. The van der Waals surface area contributed by atoms with E-state index in [-0.39, 0.29) is 5.92 Å². The second kappa shape index (κ2) is 3.25. The Morgan fingerprint density at radius 2 is 2.00 bits per heavy atom. The number of alkyl halides is 1. The second-order valence-corrected chi connectivity index (χ2v) is 2.56. The largest absolute Gasteiger partial charge is 0.221 e. The zero-order chi connectivity index (χ0) is 8.20. The van der Waals surface area contributed by atoms with Gasteiger partial charge in [-0.05, 0) is 0 Å². The Kier molecular flexibility index (Phi) is 2.93. The lowest BCUT2D eigenvalue weighted by molar-refractivity contribution is 0.669. The maximum absolute atomic E-state index is 8.43. The summed E-state index contributed by atoms with van der Waals surface area (Å²) < 4.78 is 0. The molecule has 2 nitrogen and oxygen atoms in total. The Morgan fingerprint density at radius 3 is 2.10 bits per heavy atom. The van der Waals surface area contributed by atoms with Crippen LogP contribution in [0.4, 0.5) is 0 Å². The van der Waals surface area contributed by atoms with Crippen LogP contribution in [-0.2, 0) is 0 Å². The van der Waals surface area contributed by atoms with Crippen molar-refractivity contribution in [1.29, 1.82) is 10.5 Å². The molecule has 0 radical (unpaired) electrons. The average molecular weight is 155 g/mol. The van der Waals surface area contributed by atoms with Crippen LogP contribution < -0.4 is 0 Å². The number of allylic oxidation sites excluding steroid dienone is 1. The van der Waals surface area contributed by atoms with Gasteiger partial charge in [-0.1, -0.05) is 24.6 Å². The molecule has 0 spiro atoms. The van der Waals surface area contributed by atoms with E-state index in [1.807, 2.05) is 0 Å². The molecule has 0 saturated heterocycles. The highest BCUT2D eigenvalue weighted by molar-refractivity contribution is 6.28. The van der Waals surface area contributed by atoms with Crippen molar-refractivity contribution >= 4 is 11.6 Å². The molecule has 0 heterocycles. The topological polar surface area (TPSA) is 47.6 Å². The predicted molar refractivity (Wildman–Crippen MR) is 39.2 cm³/mol. The Labute approximate surface area is 65.3 Å². The van der Waals surface area contributed by atoms with E-state index in [0.29, 0.717) is 0 Å². The molecule has 52 valence electrons. The van der Waals surface area contributed by atoms with Crippen molar-refractivity contribution in [2.45, 2.75) is 11.8 Å². The molecule has 0 saturated carbocycles. The predicted octanol–water partition coefficient (Wildman–Crippen LogP) is 1.83. The molecule has 0 aromatic rings. The van der Waals surface area contributed by atoms with Crippen molar-refractivity contribution in [3.8, 4) is 12.1 Å². The van der Waals surface area contributed by atoms with Crippen LogP contribution in [0.2, 0.25) is 0 Å². The summed E-state index contributed by atoms with van der Waals surface area (Å²) in [6.45, 7) is 5.11. The zero-order valence-corrected chi connectivity index (χ0v) is 6.39. The van der Waals surface area contributed by atoms with Crippen molar-refractivity contribution in [1.82, 2.24) is 0 Å². The van der Waals surface area contributed by atoms with Crippen LogP contribution in [-0.4, -0.2) is 4.87 Å². The summed E-state index contributed by atoms with van der Waals surface area (Å²) in [5, 5.41) is 16.9. The van der Waals surface area contributed by atoms with Gasteiger partial charge in [-0.3, -0.25) is 0 Å². The quantitative estimate of drug-likeness (QED) is 0.450. The van der Waals surface area contributed by atoms with Gasteiger partial charge in [0, 0.05) is 5.92 Å². The fourth-order valence-corrected chi connectivity index (χ4v) is 0.480. The number of hydrogen-bond acceptors (Lipinski definition) is 2. The van der Waals surface area contributed by atoms with Gasteiger partial charge in [0.05, 0.1) is 0 Å². The summed E-state index contributed by atoms with van der Waals surface area (Å²) in [4.78, 5) is -1.44.